The Hall–Kier alpha value is -2.16. The molecule has 2 rings (SSSR count). The van der Waals surface area contributed by atoms with Crippen molar-refractivity contribution in [1.82, 2.24) is 9.88 Å². The quantitative estimate of drug-likeness (QED) is 0.822. The van der Waals surface area contributed by atoms with E-state index < -0.39 is 0 Å². The minimum Gasteiger partial charge on any atom is -0.339 e. The number of likely N-dealkylation sites (N-methyl/N-ethyl adjacent to an activating group) is 1. The summed E-state index contributed by atoms with van der Waals surface area (Å²) in [5.74, 6) is 0.0946. The summed E-state index contributed by atoms with van der Waals surface area (Å²) in [7, 11) is 0. The molecule has 0 unspecified atom stereocenters. The highest BCUT2D eigenvalue weighted by Gasteiger charge is 2.13. The van der Waals surface area contributed by atoms with Crippen molar-refractivity contribution in [3.8, 4) is 0 Å². The Bertz CT molecular complexity index is 511. The van der Waals surface area contributed by atoms with E-state index >= 15 is 0 Å². The van der Waals surface area contributed by atoms with E-state index in [9.17, 15) is 4.79 Å². The van der Waals surface area contributed by atoms with Crippen molar-refractivity contribution in [3.63, 3.8) is 0 Å². The maximum absolute atomic E-state index is 12.3. The third kappa shape index (κ3) is 3.65. The summed E-state index contributed by atoms with van der Waals surface area (Å²) in [5.41, 5.74) is 1.95. The van der Waals surface area contributed by atoms with Gasteiger partial charge in [-0.3, -0.25) is 9.78 Å². The average molecular weight is 254 g/mol. The van der Waals surface area contributed by atoms with Crippen molar-refractivity contribution >= 4 is 5.91 Å². The number of carbonyl (C=O) groups excluding carboxylic acids is 1. The van der Waals surface area contributed by atoms with E-state index in [1.807, 2.05) is 54.3 Å². The monoisotopic (exact) mass is 254 g/mol. The Morgan fingerprint density at radius 2 is 1.79 bits per heavy atom. The smallest absolute Gasteiger partial charge is 0.253 e. The number of rotatable bonds is 5. The first-order chi connectivity index (χ1) is 9.31. The molecule has 3 nitrogen and oxygen atoms in total. The van der Waals surface area contributed by atoms with Crippen LogP contribution in [0.3, 0.4) is 0 Å². The Labute approximate surface area is 113 Å². The molecule has 0 aliphatic carbocycles. The van der Waals surface area contributed by atoms with Gasteiger partial charge < -0.3 is 4.90 Å². The molecule has 0 fully saturated rings. The highest BCUT2D eigenvalue weighted by Crippen LogP contribution is 2.06. The molecule has 0 aliphatic rings. The Kier molecular flexibility index (Phi) is 4.67. The van der Waals surface area contributed by atoms with Gasteiger partial charge in [-0.05, 0) is 43.2 Å². The van der Waals surface area contributed by atoms with Gasteiger partial charge in [-0.2, -0.15) is 0 Å². The highest BCUT2D eigenvalue weighted by molar-refractivity contribution is 5.94. The molecule has 0 bridgehead atoms. The normalized spacial score (nSPS) is 10.2. The fourth-order valence-corrected chi connectivity index (χ4v) is 1.98. The Morgan fingerprint density at radius 1 is 1.11 bits per heavy atom. The van der Waals surface area contributed by atoms with Crippen molar-refractivity contribution in [2.75, 3.05) is 13.1 Å². The van der Waals surface area contributed by atoms with Crippen LogP contribution in [0.15, 0.2) is 54.9 Å². The largest absolute Gasteiger partial charge is 0.339 e. The number of amides is 1. The molecule has 98 valence electrons. The van der Waals surface area contributed by atoms with Crippen LogP contribution in [0.4, 0.5) is 0 Å². The molecule has 0 radical (unpaired) electrons. The number of nitrogens with zero attached hydrogens (tertiary/aromatic N) is 2. The first kappa shape index (κ1) is 13.3. The average Bonchev–Trinajstić information content (AvgIpc) is 2.49. The van der Waals surface area contributed by atoms with Crippen LogP contribution in [-0.4, -0.2) is 28.9 Å². The zero-order valence-corrected chi connectivity index (χ0v) is 11.1. The van der Waals surface area contributed by atoms with Crippen LogP contribution in [0.5, 0.6) is 0 Å². The summed E-state index contributed by atoms with van der Waals surface area (Å²) in [6.07, 6.45) is 4.42. The van der Waals surface area contributed by atoms with Crippen LogP contribution >= 0.6 is 0 Å². The van der Waals surface area contributed by atoms with Gasteiger partial charge in [0.15, 0.2) is 0 Å². The molecule has 19 heavy (non-hydrogen) atoms. The molecule has 0 aliphatic heterocycles. The highest BCUT2D eigenvalue weighted by atomic mass is 16.2. The Morgan fingerprint density at radius 3 is 2.42 bits per heavy atom. The summed E-state index contributed by atoms with van der Waals surface area (Å²) in [6, 6.07) is 13.4. The predicted molar refractivity (Wildman–Crippen MR) is 76.0 cm³/mol. The topological polar surface area (TPSA) is 33.2 Å². The number of hydrogen-bond acceptors (Lipinski definition) is 2. The van der Waals surface area contributed by atoms with Crippen LogP contribution in [0.2, 0.25) is 0 Å². The van der Waals surface area contributed by atoms with Gasteiger partial charge in [0.05, 0.1) is 0 Å². The van der Waals surface area contributed by atoms with Gasteiger partial charge in [0, 0.05) is 31.0 Å². The lowest BCUT2D eigenvalue weighted by Crippen LogP contribution is -2.32. The van der Waals surface area contributed by atoms with Gasteiger partial charge in [-0.1, -0.05) is 18.2 Å². The van der Waals surface area contributed by atoms with E-state index in [4.69, 9.17) is 0 Å². The second-order valence-corrected chi connectivity index (χ2v) is 4.36. The molecule has 0 spiro atoms. The van der Waals surface area contributed by atoms with Crippen LogP contribution in [0.1, 0.15) is 22.8 Å². The molecule has 2 aromatic rings. The fraction of sp³-hybridized carbons (Fsp3) is 0.250. The zero-order chi connectivity index (χ0) is 13.5. The summed E-state index contributed by atoms with van der Waals surface area (Å²) < 4.78 is 0. The number of benzene rings is 1. The number of carbonyl (C=O) groups is 1. The van der Waals surface area contributed by atoms with Crippen molar-refractivity contribution in [1.29, 1.82) is 0 Å². The van der Waals surface area contributed by atoms with E-state index in [0.29, 0.717) is 0 Å². The van der Waals surface area contributed by atoms with E-state index in [-0.39, 0.29) is 5.91 Å². The van der Waals surface area contributed by atoms with E-state index in [2.05, 4.69) is 4.98 Å². The molecule has 0 atom stereocenters. The lowest BCUT2D eigenvalue weighted by Gasteiger charge is -2.21. The summed E-state index contributed by atoms with van der Waals surface area (Å²) in [5, 5.41) is 0. The maximum atomic E-state index is 12.3. The number of aromatic nitrogens is 1. The third-order valence-electron chi connectivity index (χ3n) is 3.11. The van der Waals surface area contributed by atoms with E-state index in [1.54, 1.807) is 12.4 Å². The minimum absolute atomic E-state index is 0.0946. The number of pyridine rings is 1. The van der Waals surface area contributed by atoms with Gasteiger partial charge >= 0.3 is 0 Å². The number of hydrogen-bond donors (Lipinski definition) is 0. The maximum Gasteiger partial charge on any atom is 0.253 e. The van der Waals surface area contributed by atoms with Gasteiger partial charge in [-0.15, -0.1) is 0 Å². The second-order valence-electron chi connectivity index (χ2n) is 4.36. The first-order valence-electron chi connectivity index (χ1n) is 6.54. The molecule has 1 heterocycles. The summed E-state index contributed by atoms with van der Waals surface area (Å²) in [4.78, 5) is 18.2. The van der Waals surface area contributed by atoms with Crippen LogP contribution < -0.4 is 0 Å². The Balaban J connectivity index is 1.99. The van der Waals surface area contributed by atoms with Gasteiger partial charge in [0.25, 0.3) is 5.91 Å². The molecule has 1 amide bonds. The van der Waals surface area contributed by atoms with Crippen molar-refractivity contribution in [2.24, 2.45) is 0 Å². The molecule has 3 heteroatoms. The van der Waals surface area contributed by atoms with Crippen LogP contribution in [0, 0.1) is 0 Å². The molecular weight excluding hydrogens is 236 g/mol. The molecule has 0 N–H and O–H groups in total. The molecule has 0 saturated carbocycles. The summed E-state index contributed by atoms with van der Waals surface area (Å²) >= 11 is 0. The molecule has 0 saturated heterocycles. The second kappa shape index (κ2) is 6.69. The van der Waals surface area contributed by atoms with Gasteiger partial charge in [0.1, 0.15) is 0 Å². The van der Waals surface area contributed by atoms with Crippen LogP contribution in [0.25, 0.3) is 0 Å². The lowest BCUT2D eigenvalue weighted by atomic mass is 10.1. The minimum atomic E-state index is 0.0946. The van der Waals surface area contributed by atoms with E-state index in [1.165, 1.54) is 5.56 Å². The van der Waals surface area contributed by atoms with Gasteiger partial charge in [-0.25, -0.2) is 0 Å². The van der Waals surface area contributed by atoms with Gasteiger partial charge in [0.2, 0.25) is 0 Å². The third-order valence-corrected chi connectivity index (χ3v) is 3.11. The SMILES string of the molecule is CCN(CCc1ccncc1)C(=O)c1ccccc1. The standard InChI is InChI=1S/C16H18N2O/c1-2-18(13-10-14-8-11-17-12-9-14)16(19)15-6-4-3-5-7-15/h3-9,11-12H,2,10,13H2,1H3. The molecule has 1 aromatic carbocycles. The summed E-state index contributed by atoms with van der Waals surface area (Å²) in [6.45, 7) is 3.46. The zero-order valence-electron chi connectivity index (χ0n) is 11.1. The first-order valence-corrected chi connectivity index (χ1v) is 6.54. The molecule has 1 aromatic heterocycles. The van der Waals surface area contributed by atoms with E-state index in [0.717, 1.165) is 25.1 Å². The lowest BCUT2D eigenvalue weighted by molar-refractivity contribution is 0.0766. The van der Waals surface area contributed by atoms with Crippen molar-refractivity contribution in [2.45, 2.75) is 13.3 Å². The van der Waals surface area contributed by atoms with Crippen LogP contribution in [-0.2, 0) is 6.42 Å². The fourth-order valence-electron chi connectivity index (χ4n) is 1.98. The molecular formula is C16H18N2O. The van der Waals surface area contributed by atoms with Crippen molar-refractivity contribution < 1.29 is 4.79 Å². The van der Waals surface area contributed by atoms with Crippen molar-refractivity contribution in [3.05, 3.63) is 66.0 Å². The predicted octanol–water partition coefficient (Wildman–Crippen LogP) is 2.79.